The van der Waals surface area contributed by atoms with Crippen molar-refractivity contribution in [3.05, 3.63) is 11.6 Å². The van der Waals surface area contributed by atoms with Gasteiger partial charge in [-0.25, -0.2) is 8.42 Å². The predicted molar refractivity (Wildman–Crippen MR) is 66.4 cm³/mol. The van der Waals surface area contributed by atoms with E-state index in [2.05, 4.69) is 5.32 Å². The molecule has 0 aliphatic rings. The van der Waals surface area contributed by atoms with E-state index in [0.29, 0.717) is 0 Å². The predicted octanol–water partition coefficient (Wildman–Crippen LogP) is 0.463. The summed E-state index contributed by atoms with van der Waals surface area (Å²) in [6.45, 7) is 3.71. The lowest BCUT2D eigenvalue weighted by Crippen LogP contribution is -2.28. The van der Waals surface area contributed by atoms with Crippen molar-refractivity contribution in [3.8, 4) is 0 Å². The Morgan fingerprint density at radius 1 is 1.18 bits per heavy atom. The monoisotopic (exact) mass is 261 g/mol. The van der Waals surface area contributed by atoms with Crippen LogP contribution >= 0.6 is 0 Å². The highest BCUT2D eigenvalue weighted by atomic mass is 32.2. The number of hydrogen-bond donors (Lipinski definition) is 1. The first-order valence-electron chi connectivity index (χ1n) is 5.33. The van der Waals surface area contributed by atoms with E-state index in [1.54, 1.807) is 0 Å². The summed E-state index contributed by atoms with van der Waals surface area (Å²) in [5, 5.41) is 2.46. The Kier molecular flexibility index (Phi) is 6.72. The Balaban J connectivity index is 3.82. The van der Waals surface area contributed by atoms with Crippen LogP contribution in [0.3, 0.4) is 0 Å². The van der Waals surface area contributed by atoms with Gasteiger partial charge in [-0.1, -0.05) is 5.57 Å². The van der Waals surface area contributed by atoms with E-state index in [1.165, 1.54) is 6.08 Å². The van der Waals surface area contributed by atoms with Gasteiger partial charge in [-0.15, -0.1) is 0 Å². The van der Waals surface area contributed by atoms with E-state index < -0.39 is 9.84 Å². The maximum absolute atomic E-state index is 11.2. The summed E-state index contributed by atoms with van der Waals surface area (Å²) < 4.78 is 21.6. The summed E-state index contributed by atoms with van der Waals surface area (Å²) in [6, 6.07) is 0. The van der Waals surface area contributed by atoms with Gasteiger partial charge in [0.1, 0.15) is 9.84 Å². The fourth-order valence-electron chi connectivity index (χ4n) is 1.10. The van der Waals surface area contributed by atoms with Crippen LogP contribution in [-0.2, 0) is 19.4 Å². The normalized spacial score (nSPS) is 10.8. The Bertz CT molecular complexity index is 405. The van der Waals surface area contributed by atoms with Crippen molar-refractivity contribution in [3.63, 3.8) is 0 Å². The van der Waals surface area contributed by atoms with E-state index in [9.17, 15) is 18.0 Å². The van der Waals surface area contributed by atoms with Crippen molar-refractivity contribution in [1.82, 2.24) is 5.32 Å². The Hall–Kier alpha value is -1.17. The van der Waals surface area contributed by atoms with Gasteiger partial charge in [0.2, 0.25) is 5.91 Å². The van der Waals surface area contributed by atoms with Gasteiger partial charge in [0.25, 0.3) is 0 Å². The average Bonchev–Trinajstić information content (AvgIpc) is 2.11. The zero-order valence-corrected chi connectivity index (χ0v) is 11.3. The van der Waals surface area contributed by atoms with Gasteiger partial charge in [-0.3, -0.25) is 9.59 Å². The molecule has 0 aromatic rings. The quantitative estimate of drug-likeness (QED) is 0.675. The van der Waals surface area contributed by atoms with Crippen molar-refractivity contribution in [2.75, 3.05) is 18.6 Å². The molecule has 0 heterocycles. The summed E-state index contributed by atoms with van der Waals surface area (Å²) in [5.74, 6) is -0.479. The average molecular weight is 261 g/mol. The molecule has 0 fully saturated rings. The van der Waals surface area contributed by atoms with Gasteiger partial charge < -0.3 is 5.32 Å². The number of carbonyl (C=O) groups excluding carboxylic acids is 2. The number of ketones is 1. The lowest BCUT2D eigenvalue weighted by atomic mass is 10.1. The summed E-state index contributed by atoms with van der Waals surface area (Å²) >= 11 is 0. The standard InChI is InChI=1S/C11H19NO4S/c1-9(2)8-10(13)4-5-11(14)12-6-7-17(3,15)16/h8H,4-7H2,1-3H3,(H,12,14). The molecule has 98 valence electrons. The number of nitrogens with one attached hydrogen (secondary N) is 1. The molecule has 0 aliphatic heterocycles. The number of allylic oxidation sites excluding steroid dienone is 2. The number of carbonyl (C=O) groups is 2. The fraction of sp³-hybridized carbons (Fsp3) is 0.636. The minimum Gasteiger partial charge on any atom is -0.355 e. The third-order valence-corrected chi connectivity index (χ3v) is 2.79. The van der Waals surface area contributed by atoms with Crippen LogP contribution in [0.5, 0.6) is 0 Å². The van der Waals surface area contributed by atoms with Crippen LogP contribution in [-0.4, -0.2) is 38.7 Å². The Labute approximate surface area is 102 Å². The van der Waals surface area contributed by atoms with Crippen LogP contribution in [0.2, 0.25) is 0 Å². The minimum atomic E-state index is -3.06. The van der Waals surface area contributed by atoms with Crippen LogP contribution in [0, 0.1) is 0 Å². The summed E-state index contributed by atoms with van der Waals surface area (Å²) in [5.41, 5.74) is 0.896. The minimum absolute atomic E-state index is 0.0827. The highest BCUT2D eigenvalue weighted by Gasteiger charge is 2.06. The molecule has 0 bridgehead atoms. The van der Waals surface area contributed by atoms with Gasteiger partial charge >= 0.3 is 0 Å². The molecule has 0 saturated heterocycles. The molecular formula is C11H19NO4S. The molecule has 1 amide bonds. The Morgan fingerprint density at radius 2 is 1.76 bits per heavy atom. The second kappa shape index (κ2) is 7.21. The fourth-order valence-corrected chi connectivity index (χ4v) is 1.57. The molecule has 0 unspecified atom stereocenters. The summed E-state index contributed by atoms with van der Waals surface area (Å²) in [6.07, 6.45) is 2.84. The molecule has 0 aromatic heterocycles. The molecule has 0 radical (unpaired) electrons. The van der Waals surface area contributed by atoms with Crippen molar-refractivity contribution >= 4 is 21.5 Å². The van der Waals surface area contributed by atoms with E-state index in [0.717, 1.165) is 11.8 Å². The third-order valence-electron chi connectivity index (χ3n) is 1.84. The molecule has 17 heavy (non-hydrogen) atoms. The third kappa shape index (κ3) is 11.1. The zero-order chi connectivity index (χ0) is 13.5. The second-order valence-corrected chi connectivity index (χ2v) is 6.43. The van der Waals surface area contributed by atoms with E-state index in [-0.39, 0.29) is 36.8 Å². The maximum atomic E-state index is 11.2. The Morgan fingerprint density at radius 3 is 2.24 bits per heavy atom. The van der Waals surface area contributed by atoms with Gasteiger partial charge in [0.15, 0.2) is 5.78 Å². The largest absolute Gasteiger partial charge is 0.355 e. The summed E-state index contributed by atoms with van der Waals surface area (Å²) in [7, 11) is -3.06. The van der Waals surface area contributed by atoms with Gasteiger partial charge in [-0.2, -0.15) is 0 Å². The zero-order valence-electron chi connectivity index (χ0n) is 10.4. The molecule has 6 heteroatoms. The van der Waals surface area contributed by atoms with Crippen LogP contribution in [0.15, 0.2) is 11.6 Å². The van der Waals surface area contributed by atoms with E-state index >= 15 is 0 Å². The number of sulfone groups is 1. The van der Waals surface area contributed by atoms with Crippen molar-refractivity contribution in [2.45, 2.75) is 26.7 Å². The van der Waals surface area contributed by atoms with E-state index in [4.69, 9.17) is 0 Å². The molecule has 0 saturated carbocycles. The number of amides is 1. The molecule has 5 nitrogen and oxygen atoms in total. The molecule has 0 spiro atoms. The van der Waals surface area contributed by atoms with Crippen molar-refractivity contribution in [1.29, 1.82) is 0 Å². The summed E-state index contributed by atoms with van der Waals surface area (Å²) in [4.78, 5) is 22.5. The van der Waals surface area contributed by atoms with Crippen LogP contribution in [0.4, 0.5) is 0 Å². The van der Waals surface area contributed by atoms with Gasteiger partial charge in [-0.05, 0) is 19.9 Å². The number of hydrogen-bond acceptors (Lipinski definition) is 4. The second-order valence-electron chi connectivity index (χ2n) is 4.17. The molecule has 0 atom stereocenters. The molecule has 0 rings (SSSR count). The van der Waals surface area contributed by atoms with Crippen LogP contribution in [0.25, 0.3) is 0 Å². The molecule has 0 aliphatic carbocycles. The highest BCUT2D eigenvalue weighted by molar-refractivity contribution is 7.90. The molecular weight excluding hydrogens is 242 g/mol. The first-order chi connectivity index (χ1) is 7.70. The smallest absolute Gasteiger partial charge is 0.220 e. The van der Waals surface area contributed by atoms with Crippen LogP contribution < -0.4 is 5.32 Å². The first-order valence-corrected chi connectivity index (χ1v) is 7.39. The van der Waals surface area contributed by atoms with Crippen LogP contribution in [0.1, 0.15) is 26.7 Å². The maximum Gasteiger partial charge on any atom is 0.220 e. The van der Waals surface area contributed by atoms with Crippen molar-refractivity contribution in [2.24, 2.45) is 0 Å². The van der Waals surface area contributed by atoms with E-state index in [1.807, 2.05) is 13.8 Å². The van der Waals surface area contributed by atoms with Gasteiger partial charge in [0.05, 0.1) is 5.75 Å². The highest BCUT2D eigenvalue weighted by Crippen LogP contribution is 1.96. The molecule has 1 N–H and O–H groups in total. The lowest BCUT2D eigenvalue weighted by molar-refractivity contribution is -0.123. The van der Waals surface area contributed by atoms with Crippen molar-refractivity contribution < 1.29 is 18.0 Å². The first kappa shape index (κ1) is 15.8. The number of rotatable bonds is 7. The molecule has 0 aromatic carbocycles. The van der Waals surface area contributed by atoms with Gasteiger partial charge in [0, 0.05) is 25.6 Å². The lowest BCUT2D eigenvalue weighted by Gasteiger charge is -2.03. The SMILES string of the molecule is CC(C)=CC(=O)CCC(=O)NCCS(C)(=O)=O. The topological polar surface area (TPSA) is 80.3 Å².